The highest BCUT2D eigenvalue weighted by atomic mass is 32.1. The van der Waals surface area contributed by atoms with Crippen molar-refractivity contribution in [2.24, 2.45) is 0 Å². The van der Waals surface area contributed by atoms with Crippen LogP contribution in [0.5, 0.6) is 0 Å². The molecule has 1 atom stereocenters. The number of fused-ring (bicyclic) bond motifs is 1. The van der Waals surface area contributed by atoms with Crippen molar-refractivity contribution in [2.75, 3.05) is 5.32 Å². The van der Waals surface area contributed by atoms with Gasteiger partial charge in [0.15, 0.2) is 11.2 Å². The number of hydrogen-bond acceptors (Lipinski definition) is 5. The molecule has 0 spiro atoms. The Kier molecular flexibility index (Phi) is 3.23. The lowest BCUT2D eigenvalue weighted by Crippen LogP contribution is -2.37. The van der Waals surface area contributed by atoms with E-state index in [0.717, 1.165) is 11.3 Å². The average molecular weight is 288 g/mol. The molecule has 0 saturated heterocycles. The minimum Gasteiger partial charge on any atom is -0.448 e. The third-order valence-electron chi connectivity index (χ3n) is 3.03. The second kappa shape index (κ2) is 5.05. The number of amides is 1. The standard InChI is InChI=1S/C14H12N2O3S/c1-8-7-20-14(15-8)16-12(17)11-6-9-4-2-3-5-10(9)13(18)19-11/h2-5,7,11H,6H2,1H3,(H,15,16,17)/t11-/m1/s1. The van der Waals surface area contributed by atoms with Gasteiger partial charge < -0.3 is 4.74 Å². The lowest BCUT2D eigenvalue weighted by atomic mass is 9.98. The van der Waals surface area contributed by atoms with Gasteiger partial charge >= 0.3 is 5.97 Å². The van der Waals surface area contributed by atoms with Crippen LogP contribution in [0.4, 0.5) is 5.13 Å². The van der Waals surface area contributed by atoms with Gasteiger partial charge in [0, 0.05) is 11.8 Å². The number of cyclic esters (lactones) is 1. The first-order valence-electron chi connectivity index (χ1n) is 6.15. The van der Waals surface area contributed by atoms with Gasteiger partial charge in [-0.25, -0.2) is 9.78 Å². The van der Waals surface area contributed by atoms with Crippen LogP contribution in [0.25, 0.3) is 0 Å². The van der Waals surface area contributed by atoms with Crippen LogP contribution in [-0.4, -0.2) is 23.0 Å². The van der Waals surface area contributed by atoms with E-state index < -0.39 is 12.1 Å². The van der Waals surface area contributed by atoms with Crippen LogP contribution < -0.4 is 5.32 Å². The summed E-state index contributed by atoms with van der Waals surface area (Å²) in [5, 5.41) is 5.04. The van der Waals surface area contributed by atoms with Crippen molar-refractivity contribution in [3.05, 3.63) is 46.5 Å². The predicted molar refractivity (Wildman–Crippen MR) is 74.8 cm³/mol. The highest BCUT2D eigenvalue weighted by Gasteiger charge is 2.31. The minimum atomic E-state index is -0.804. The molecule has 1 aliphatic rings. The number of aromatic nitrogens is 1. The number of nitrogens with zero attached hydrogens (tertiary/aromatic N) is 1. The SMILES string of the molecule is Cc1csc(NC(=O)[C@H]2Cc3ccccc3C(=O)O2)n1. The molecule has 5 nitrogen and oxygen atoms in total. The molecule has 0 saturated carbocycles. The Hall–Kier alpha value is -2.21. The molecular weight excluding hydrogens is 276 g/mol. The van der Waals surface area contributed by atoms with Gasteiger partial charge in [0.1, 0.15) is 0 Å². The molecule has 6 heteroatoms. The maximum atomic E-state index is 12.1. The van der Waals surface area contributed by atoms with Crippen molar-refractivity contribution in [1.82, 2.24) is 4.98 Å². The van der Waals surface area contributed by atoms with Crippen LogP contribution >= 0.6 is 11.3 Å². The topological polar surface area (TPSA) is 68.3 Å². The van der Waals surface area contributed by atoms with E-state index in [1.54, 1.807) is 12.1 Å². The fourth-order valence-corrected chi connectivity index (χ4v) is 2.77. The van der Waals surface area contributed by atoms with Crippen molar-refractivity contribution < 1.29 is 14.3 Å². The Balaban J connectivity index is 1.76. The van der Waals surface area contributed by atoms with Gasteiger partial charge in [-0.2, -0.15) is 0 Å². The first kappa shape index (κ1) is 12.8. The Labute approximate surface area is 119 Å². The van der Waals surface area contributed by atoms with Gasteiger partial charge in [-0.3, -0.25) is 10.1 Å². The second-order valence-corrected chi connectivity index (χ2v) is 5.40. The van der Waals surface area contributed by atoms with Gasteiger partial charge in [0.25, 0.3) is 5.91 Å². The van der Waals surface area contributed by atoms with Gasteiger partial charge in [-0.15, -0.1) is 11.3 Å². The molecule has 1 aromatic carbocycles. The Morgan fingerprint density at radius 2 is 2.25 bits per heavy atom. The van der Waals surface area contributed by atoms with Gasteiger partial charge in [-0.1, -0.05) is 18.2 Å². The van der Waals surface area contributed by atoms with Crippen molar-refractivity contribution in [2.45, 2.75) is 19.4 Å². The van der Waals surface area contributed by atoms with E-state index in [9.17, 15) is 9.59 Å². The number of anilines is 1. The Bertz CT molecular complexity index is 681. The number of carbonyl (C=O) groups excluding carboxylic acids is 2. The summed E-state index contributed by atoms with van der Waals surface area (Å²) in [7, 11) is 0. The molecule has 2 heterocycles. The van der Waals surface area contributed by atoms with E-state index in [4.69, 9.17) is 4.74 Å². The molecule has 0 unspecified atom stereocenters. The molecule has 1 N–H and O–H groups in total. The van der Waals surface area contributed by atoms with E-state index >= 15 is 0 Å². The quantitative estimate of drug-likeness (QED) is 0.860. The number of rotatable bonds is 2. The zero-order valence-electron chi connectivity index (χ0n) is 10.8. The summed E-state index contributed by atoms with van der Waals surface area (Å²) in [6.07, 6.45) is -0.417. The van der Waals surface area contributed by atoms with Crippen LogP contribution in [0, 0.1) is 6.92 Å². The molecular formula is C14H12N2O3S. The largest absolute Gasteiger partial charge is 0.448 e. The number of nitrogens with one attached hydrogen (secondary N) is 1. The molecule has 0 bridgehead atoms. The highest BCUT2D eigenvalue weighted by Crippen LogP contribution is 2.22. The number of ether oxygens (including phenoxy) is 1. The van der Waals surface area contributed by atoms with E-state index in [1.165, 1.54) is 11.3 Å². The maximum absolute atomic E-state index is 12.1. The second-order valence-electron chi connectivity index (χ2n) is 4.54. The average Bonchev–Trinajstić information content (AvgIpc) is 2.84. The summed E-state index contributed by atoms with van der Waals surface area (Å²) in [6.45, 7) is 1.85. The molecule has 0 aliphatic carbocycles. The Morgan fingerprint density at radius 1 is 1.45 bits per heavy atom. The maximum Gasteiger partial charge on any atom is 0.339 e. The first-order valence-corrected chi connectivity index (χ1v) is 7.03. The predicted octanol–water partition coefficient (Wildman–Crippen LogP) is 2.17. The summed E-state index contributed by atoms with van der Waals surface area (Å²) < 4.78 is 5.18. The fraction of sp³-hybridized carbons (Fsp3) is 0.214. The van der Waals surface area contributed by atoms with Crippen molar-refractivity contribution in [3.8, 4) is 0 Å². The summed E-state index contributed by atoms with van der Waals surface area (Å²) in [5.74, 6) is -0.801. The molecule has 102 valence electrons. The molecule has 0 radical (unpaired) electrons. The number of esters is 1. The summed E-state index contributed by atoms with van der Waals surface area (Å²) in [6, 6.07) is 7.16. The summed E-state index contributed by atoms with van der Waals surface area (Å²) in [4.78, 5) is 28.1. The number of thiazole rings is 1. The summed E-state index contributed by atoms with van der Waals surface area (Å²) in [5.41, 5.74) is 2.21. The molecule has 2 aromatic rings. The van der Waals surface area contributed by atoms with Crippen molar-refractivity contribution >= 4 is 28.3 Å². The van der Waals surface area contributed by atoms with Crippen LogP contribution in [0.15, 0.2) is 29.6 Å². The fourth-order valence-electron chi connectivity index (χ4n) is 2.08. The van der Waals surface area contributed by atoms with E-state index in [1.807, 2.05) is 24.4 Å². The molecule has 20 heavy (non-hydrogen) atoms. The number of carbonyl (C=O) groups is 2. The van der Waals surface area contributed by atoms with Crippen molar-refractivity contribution in [3.63, 3.8) is 0 Å². The van der Waals surface area contributed by atoms with E-state index in [0.29, 0.717) is 17.1 Å². The Morgan fingerprint density at radius 3 is 3.00 bits per heavy atom. The zero-order chi connectivity index (χ0) is 14.1. The normalized spacial score (nSPS) is 17.2. The highest BCUT2D eigenvalue weighted by molar-refractivity contribution is 7.13. The van der Waals surface area contributed by atoms with Gasteiger partial charge in [0.05, 0.1) is 11.3 Å². The van der Waals surface area contributed by atoms with Crippen LogP contribution in [0.2, 0.25) is 0 Å². The summed E-state index contributed by atoms with van der Waals surface area (Å²) >= 11 is 1.34. The van der Waals surface area contributed by atoms with Crippen LogP contribution in [-0.2, 0) is 16.0 Å². The number of benzene rings is 1. The monoisotopic (exact) mass is 288 g/mol. The van der Waals surface area contributed by atoms with Crippen LogP contribution in [0.1, 0.15) is 21.6 Å². The number of aryl methyl sites for hydroxylation is 1. The van der Waals surface area contributed by atoms with Crippen molar-refractivity contribution in [1.29, 1.82) is 0 Å². The molecule has 1 aliphatic heterocycles. The molecule has 1 aromatic heterocycles. The lowest BCUT2D eigenvalue weighted by Gasteiger charge is -2.23. The van der Waals surface area contributed by atoms with E-state index in [-0.39, 0.29) is 5.91 Å². The van der Waals surface area contributed by atoms with E-state index in [2.05, 4.69) is 10.3 Å². The molecule has 1 amide bonds. The zero-order valence-corrected chi connectivity index (χ0v) is 11.6. The number of hydrogen-bond donors (Lipinski definition) is 1. The smallest absolute Gasteiger partial charge is 0.339 e. The lowest BCUT2D eigenvalue weighted by molar-refractivity contribution is -0.125. The third-order valence-corrected chi connectivity index (χ3v) is 3.91. The van der Waals surface area contributed by atoms with Crippen LogP contribution in [0.3, 0.4) is 0 Å². The first-order chi connectivity index (χ1) is 9.63. The molecule has 3 rings (SSSR count). The minimum absolute atomic E-state index is 0.345. The van der Waals surface area contributed by atoms with Gasteiger partial charge in [0.2, 0.25) is 0 Å². The van der Waals surface area contributed by atoms with Gasteiger partial charge in [-0.05, 0) is 18.6 Å². The third kappa shape index (κ3) is 2.42. The molecule has 0 fully saturated rings.